The van der Waals surface area contributed by atoms with Crippen LogP contribution < -0.4 is 22.5 Å². The summed E-state index contributed by atoms with van der Waals surface area (Å²) in [5.74, 6) is 0. The Morgan fingerprint density at radius 3 is 1.52 bits per heavy atom. The first-order valence-electron chi connectivity index (χ1n) is 19.1. The van der Waals surface area contributed by atoms with Crippen molar-refractivity contribution < 1.29 is 0 Å². The first-order chi connectivity index (χ1) is 26.5. The fourth-order valence-electron chi connectivity index (χ4n) is 10.2. The first-order valence-corrected chi connectivity index (χ1v) is 23.3. The summed E-state index contributed by atoms with van der Waals surface area (Å²) in [5, 5.41) is 0. The normalized spacial score (nSPS) is 14.5. The number of rotatable bonds is 4. The van der Waals surface area contributed by atoms with Crippen LogP contribution in [0.2, 0.25) is 0 Å². The molecule has 2 heterocycles. The summed E-state index contributed by atoms with van der Waals surface area (Å²) < 4.78 is 6.18. The van der Waals surface area contributed by atoms with E-state index in [0.29, 0.717) is 0 Å². The van der Waals surface area contributed by atoms with E-state index in [1.807, 2.05) is 0 Å². The van der Waals surface area contributed by atoms with Gasteiger partial charge < -0.3 is 0 Å². The predicted octanol–water partition coefficient (Wildman–Crippen LogP) is 10.8. The van der Waals surface area contributed by atoms with Crippen LogP contribution in [0.4, 0.5) is 17.1 Å². The molecule has 8 aromatic carbocycles. The van der Waals surface area contributed by atoms with Gasteiger partial charge in [0.25, 0.3) is 0 Å². The van der Waals surface area contributed by atoms with Gasteiger partial charge in [0.1, 0.15) is 0 Å². The van der Waals surface area contributed by atoms with Crippen molar-refractivity contribution in [3.63, 3.8) is 0 Å². The maximum atomic E-state index is 2.59. The van der Waals surface area contributed by atoms with Crippen LogP contribution in [0, 0.1) is 6.92 Å². The molecule has 1 nitrogen and oxygen atoms in total. The van der Waals surface area contributed by atoms with Gasteiger partial charge in [0, 0.05) is 0 Å². The fourth-order valence-corrected chi connectivity index (χ4v) is 22.0. The van der Waals surface area contributed by atoms with Crippen molar-refractivity contribution >= 4 is 47.9 Å². The average Bonchev–Trinajstić information content (AvgIpc) is 3.77. The number of hydrogen-bond donors (Lipinski definition) is 0. The predicted molar refractivity (Wildman–Crippen MR) is 230 cm³/mol. The molecule has 0 aromatic heterocycles. The van der Waals surface area contributed by atoms with E-state index in [1.54, 1.807) is 13.2 Å². The number of aryl methyl sites for hydroxylation is 1. The Bertz CT molecular complexity index is 2770. The summed E-state index contributed by atoms with van der Waals surface area (Å²) in [5.41, 5.74) is 18.3. The Labute approximate surface area is 320 Å². The molecular weight excluding hydrogens is 711 g/mol. The van der Waals surface area contributed by atoms with Gasteiger partial charge in [0.2, 0.25) is 0 Å². The van der Waals surface area contributed by atoms with E-state index in [0.717, 1.165) is 0 Å². The molecule has 11 rings (SSSR count). The molecule has 0 atom stereocenters. The zero-order valence-electron chi connectivity index (χ0n) is 30.8. The molecule has 2 heteroatoms. The van der Waals surface area contributed by atoms with Crippen LogP contribution in [0.1, 0.15) is 30.5 Å². The average molecular weight is 751 g/mol. The van der Waals surface area contributed by atoms with Gasteiger partial charge in [-0.3, -0.25) is 0 Å². The van der Waals surface area contributed by atoms with Gasteiger partial charge in [-0.25, -0.2) is 0 Å². The maximum absolute atomic E-state index is 3.38. The Balaban J connectivity index is 1.17. The van der Waals surface area contributed by atoms with Crippen molar-refractivity contribution in [3.8, 4) is 44.5 Å². The molecule has 256 valence electrons. The second-order valence-electron chi connectivity index (χ2n) is 15.7. The second kappa shape index (κ2) is 11.5. The van der Waals surface area contributed by atoms with Crippen molar-refractivity contribution in [2.45, 2.75) is 26.2 Å². The first kappa shape index (κ1) is 31.6. The molecule has 0 radical (unpaired) electrons. The molecule has 8 aromatic rings. The summed E-state index contributed by atoms with van der Waals surface area (Å²) in [7, 11) is 0. The quantitative estimate of drug-likeness (QED) is 0.162. The number of nitrogens with zero attached hydrogens (tertiary/aromatic N) is 1. The van der Waals surface area contributed by atoms with E-state index >= 15 is 0 Å². The van der Waals surface area contributed by atoms with Crippen LogP contribution in [-0.2, 0) is 5.41 Å². The van der Waals surface area contributed by atoms with Crippen molar-refractivity contribution in [1.29, 1.82) is 0 Å². The molecule has 2 aliphatic heterocycles. The van der Waals surface area contributed by atoms with Crippen LogP contribution in [0.5, 0.6) is 0 Å². The standard InChI is InChI=1S/C52H39GeN/c1-34-31-36(35-15-5-4-6-16-35)25-30-51(34)54(37-26-28-40-39-17-7-11-21-45(39)52(2,3)46(40)32-37)38-27-29-44-43-20-10-14-24-49(43)53(50(44)33-38)47-22-12-8-18-41(47)42-19-9-13-23-48(42)53/h4-33H,1-3H3. The van der Waals surface area contributed by atoms with Crippen LogP contribution in [0.3, 0.4) is 0 Å². The molecule has 0 N–H and O–H groups in total. The van der Waals surface area contributed by atoms with E-state index in [2.05, 4.69) is 208 Å². The van der Waals surface area contributed by atoms with E-state index in [-0.39, 0.29) is 5.41 Å². The Kier molecular flexibility index (Phi) is 6.76. The Morgan fingerprint density at radius 1 is 0.389 bits per heavy atom. The number of benzene rings is 8. The van der Waals surface area contributed by atoms with Crippen molar-refractivity contribution in [2.75, 3.05) is 4.90 Å². The van der Waals surface area contributed by atoms with Crippen molar-refractivity contribution in [3.05, 3.63) is 199 Å². The van der Waals surface area contributed by atoms with Gasteiger partial charge in [-0.15, -0.1) is 0 Å². The molecule has 0 saturated heterocycles. The molecule has 1 aliphatic carbocycles. The van der Waals surface area contributed by atoms with E-state index < -0.39 is 13.3 Å². The van der Waals surface area contributed by atoms with Gasteiger partial charge in [0.15, 0.2) is 0 Å². The molecule has 0 fully saturated rings. The minimum atomic E-state index is -3.38. The molecular formula is C52H39GeN. The van der Waals surface area contributed by atoms with Gasteiger partial charge in [-0.1, -0.05) is 0 Å². The van der Waals surface area contributed by atoms with Crippen LogP contribution in [0.15, 0.2) is 182 Å². The molecule has 0 amide bonds. The second-order valence-corrected chi connectivity index (χ2v) is 23.4. The van der Waals surface area contributed by atoms with Crippen molar-refractivity contribution in [2.24, 2.45) is 0 Å². The topological polar surface area (TPSA) is 3.24 Å². The summed E-state index contributed by atoms with van der Waals surface area (Å²) in [6, 6.07) is 69.1. The SMILES string of the molecule is Cc1cc(-c2ccccc2)ccc1N(c1ccc2c(c1)C(C)(C)c1ccccc1-2)c1ccc2[c](c1)[Ge]1([c]3ccccc3-c3cccc[c]31)[c]1ccccc1-2. The minimum absolute atomic E-state index is 0.101. The van der Waals surface area contributed by atoms with E-state index in [9.17, 15) is 0 Å². The third-order valence-corrected chi connectivity index (χ3v) is 23.0. The van der Waals surface area contributed by atoms with Gasteiger partial charge in [-0.2, -0.15) is 0 Å². The summed E-state index contributed by atoms with van der Waals surface area (Å²) in [6.07, 6.45) is 0. The molecule has 0 unspecified atom stereocenters. The van der Waals surface area contributed by atoms with Gasteiger partial charge in [0.05, 0.1) is 0 Å². The monoisotopic (exact) mass is 751 g/mol. The third kappa shape index (κ3) is 4.22. The van der Waals surface area contributed by atoms with E-state index in [4.69, 9.17) is 0 Å². The molecule has 54 heavy (non-hydrogen) atoms. The zero-order chi connectivity index (χ0) is 36.2. The zero-order valence-corrected chi connectivity index (χ0v) is 32.9. The number of hydrogen-bond acceptors (Lipinski definition) is 1. The summed E-state index contributed by atoms with van der Waals surface area (Å²) in [6.45, 7) is 7.03. The van der Waals surface area contributed by atoms with Crippen LogP contribution in [0.25, 0.3) is 44.5 Å². The number of anilines is 3. The third-order valence-electron chi connectivity index (χ3n) is 12.6. The van der Waals surface area contributed by atoms with Crippen LogP contribution in [-0.4, -0.2) is 13.3 Å². The summed E-state index contributed by atoms with van der Waals surface area (Å²) in [4.78, 5) is 2.54. The summed E-state index contributed by atoms with van der Waals surface area (Å²) >= 11 is -3.38. The van der Waals surface area contributed by atoms with Gasteiger partial charge in [-0.05, 0) is 0 Å². The van der Waals surface area contributed by atoms with Gasteiger partial charge >= 0.3 is 322 Å². The Hall–Kier alpha value is -5.90. The van der Waals surface area contributed by atoms with E-state index in [1.165, 1.54) is 82.7 Å². The molecule has 0 bridgehead atoms. The molecule has 0 saturated carbocycles. The Morgan fingerprint density at radius 2 is 0.889 bits per heavy atom. The van der Waals surface area contributed by atoms with Crippen LogP contribution >= 0.6 is 0 Å². The van der Waals surface area contributed by atoms with Crippen molar-refractivity contribution in [1.82, 2.24) is 0 Å². The number of fused-ring (bicyclic) bond motifs is 13. The molecule has 1 spiro atoms. The fraction of sp³-hybridized carbons (Fsp3) is 0.0769. The molecule has 3 aliphatic rings.